The maximum atomic E-state index is 11.8. The molecule has 0 saturated carbocycles. The third-order valence-corrected chi connectivity index (χ3v) is 3.60. The zero-order valence-corrected chi connectivity index (χ0v) is 13.9. The zero-order valence-electron chi connectivity index (χ0n) is 12.3. The second kappa shape index (κ2) is 6.75. The summed E-state index contributed by atoms with van der Waals surface area (Å²) < 4.78 is 11.1. The molecule has 0 aliphatic carbocycles. The van der Waals surface area contributed by atoms with Crippen LogP contribution in [-0.4, -0.2) is 15.9 Å². The second-order valence-corrected chi connectivity index (χ2v) is 5.61. The van der Waals surface area contributed by atoms with E-state index < -0.39 is 5.97 Å². The van der Waals surface area contributed by atoms with Gasteiger partial charge < -0.3 is 9.15 Å². The fourth-order valence-corrected chi connectivity index (χ4v) is 2.34. The summed E-state index contributed by atoms with van der Waals surface area (Å²) in [5.41, 5.74) is 2.99. The molecule has 3 rings (SSSR count). The molecule has 23 heavy (non-hydrogen) atoms. The lowest BCUT2D eigenvalue weighted by Crippen LogP contribution is -2.05. The number of carbonyl (C=O) groups is 1. The topological polar surface area (TPSA) is 65.2 Å². The van der Waals surface area contributed by atoms with Gasteiger partial charge in [-0.2, -0.15) is 0 Å². The van der Waals surface area contributed by atoms with E-state index in [-0.39, 0.29) is 6.61 Å². The van der Waals surface area contributed by atoms with Gasteiger partial charge in [0.25, 0.3) is 0 Å². The number of hydrogen-bond donors (Lipinski definition) is 0. The van der Waals surface area contributed by atoms with Gasteiger partial charge in [0.05, 0.1) is 22.4 Å². The Hall–Kier alpha value is -2.47. The molecule has 0 N–H and O–H groups in total. The van der Waals surface area contributed by atoms with Crippen LogP contribution < -0.4 is 0 Å². The molecule has 1 aromatic carbocycles. The molecule has 0 atom stereocenters. The van der Waals surface area contributed by atoms with E-state index in [1.807, 2.05) is 31.2 Å². The molecule has 3 aromatic rings. The van der Waals surface area contributed by atoms with Crippen LogP contribution in [0.4, 0.5) is 0 Å². The third-order valence-electron chi connectivity index (χ3n) is 3.17. The van der Waals surface area contributed by atoms with Crippen molar-refractivity contribution in [2.45, 2.75) is 13.5 Å². The molecule has 0 radical (unpaired) electrons. The summed E-state index contributed by atoms with van der Waals surface area (Å²) in [6.07, 6.45) is 2.86. The number of aromatic nitrogens is 2. The Morgan fingerprint density at radius 1 is 1.22 bits per heavy atom. The van der Waals surface area contributed by atoms with Gasteiger partial charge in [0.1, 0.15) is 12.4 Å². The quantitative estimate of drug-likeness (QED) is 0.510. The van der Waals surface area contributed by atoms with Crippen LogP contribution in [0.15, 0.2) is 51.6 Å². The smallest absolute Gasteiger partial charge is 0.331 e. The normalized spacial score (nSPS) is 11.2. The minimum absolute atomic E-state index is 0.0781. The summed E-state index contributed by atoms with van der Waals surface area (Å²) in [4.78, 5) is 20.7. The van der Waals surface area contributed by atoms with Crippen LogP contribution in [0.3, 0.4) is 0 Å². The Labute approximate surface area is 141 Å². The number of para-hydroxylation sites is 2. The number of carbonyl (C=O) groups excluding carboxylic acids is 1. The highest BCUT2D eigenvalue weighted by Crippen LogP contribution is 2.15. The number of halogens is 1. The number of benzene rings is 1. The highest BCUT2D eigenvalue weighted by atomic mass is 79.9. The molecule has 0 aliphatic rings. The fraction of sp³-hybridized carbons (Fsp3) is 0.118. The van der Waals surface area contributed by atoms with Gasteiger partial charge in [-0.25, -0.2) is 14.8 Å². The summed E-state index contributed by atoms with van der Waals surface area (Å²) in [6, 6.07) is 11.1. The third kappa shape index (κ3) is 3.84. The minimum atomic E-state index is -0.466. The van der Waals surface area contributed by atoms with Crippen molar-refractivity contribution in [3.63, 3.8) is 0 Å². The fourth-order valence-electron chi connectivity index (χ4n) is 2.02. The van der Waals surface area contributed by atoms with Crippen LogP contribution in [0.1, 0.15) is 17.1 Å². The van der Waals surface area contributed by atoms with Gasteiger partial charge in [-0.3, -0.25) is 0 Å². The molecule has 2 aromatic heterocycles. The summed E-state index contributed by atoms with van der Waals surface area (Å²) in [5.74, 6) is 0.0994. The Kier molecular flexibility index (Phi) is 4.52. The summed E-state index contributed by atoms with van der Waals surface area (Å²) >= 11 is 3.20. The van der Waals surface area contributed by atoms with Crippen LogP contribution >= 0.6 is 15.9 Å². The monoisotopic (exact) mass is 372 g/mol. The number of furan rings is 1. The van der Waals surface area contributed by atoms with E-state index in [2.05, 4.69) is 25.9 Å². The van der Waals surface area contributed by atoms with Gasteiger partial charge in [-0.15, -0.1) is 0 Å². The first-order chi connectivity index (χ1) is 11.1. The number of nitrogens with zero attached hydrogens (tertiary/aromatic N) is 2. The molecule has 0 amide bonds. The average Bonchev–Trinajstić information content (AvgIpc) is 2.96. The summed E-state index contributed by atoms with van der Waals surface area (Å²) in [6.45, 7) is 1.92. The van der Waals surface area contributed by atoms with Gasteiger partial charge in [-0.05, 0) is 53.2 Å². The van der Waals surface area contributed by atoms with Crippen molar-refractivity contribution in [3.05, 3.63) is 64.3 Å². The zero-order chi connectivity index (χ0) is 16.2. The molecule has 5 nitrogen and oxygen atoms in total. The molecule has 0 spiro atoms. The van der Waals surface area contributed by atoms with E-state index in [1.54, 1.807) is 18.2 Å². The van der Waals surface area contributed by atoms with Crippen molar-refractivity contribution >= 4 is 39.0 Å². The number of fused-ring (bicyclic) bond motifs is 1. The first kappa shape index (κ1) is 15.4. The van der Waals surface area contributed by atoms with Crippen molar-refractivity contribution in [1.29, 1.82) is 0 Å². The lowest BCUT2D eigenvalue weighted by molar-refractivity contribution is -0.139. The largest absolute Gasteiger partial charge is 0.456 e. The molecule has 0 fully saturated rings. The molecule has 116 valence electrons. The Bertz CT molecular complexity index is 886. The van der Waals surface area contributed by atoms with E-state index in [9.17, 15) is 4.79 Å². The van der Waals surface area contributed by atoms with E-state index in [0.29, 0.717) is 16.1 Å². The van der Waals surface area contributed by atoms with Crippen LogP contribution in [0.2, 0.25) is 0 Å². The van der Waals surface area contributed by atoms with E-state index >= 15 is 0 Å². The van der Waals surface area contributed by atoms with Gasteiger partial charge in [0.2, 0.25) is 0 Å². The average molecular weight is 373 g/mol. The maximum Gasteiger partial charge on any atom is 0.331 e. The summed E-state index contributed by atoms with van der Waals surface area (Å²) in [5, 5.41) is 0. The van der Waals surface area contributed by atoms with Crippen molar-refractivity contribution in [3.8, 4) is 0 Å². The molecule has 0 bridgehead atoms. The van der Waals surface area contributed by atoms with Crippen molar-refractivity contribution < 1.29 is 13.9 Å². The Morgan fingerprint density at radius 3 is 2.65 bits per heavy atom. The van der Waals surface area contributed by atoms with Crippen LogP contribution in [0.25, 0.3) is 17.1 Å². The molecular weight excluding hydrogens is 360 g/mol. The predicted molar refractivity (Wildman–Crippen MR) is 89.5 cm³/mol. The van der Waals surface area contributed by atoms with Crippen LogP contribution in [0.5, 0.6) is 0 Å². The molecule has 0 saturated heterocycles. The minimum Gasteiger partial charge on any atom is -0.456 e. The van der Waals surface area contributed by atoms with E-state index in [1.165, 1.54) is 6.08 Å². The van der Waals surface area contributed by atoms with Gasteiger partial charge >= 0.3 is 5.97 Å². The van der Waals surface area contributed by atoms with Gasteiger partial charge in [-0.1, -0.05) is 12.1 Å². The van der Waals surface area contributed by atoms with Crippen molar-refractivity contribution in [2.24, 2.45) is 0 Å². The highest BCUT2D eigenvalue weighted by molar-refractivity contribution is 9.10. The van der Waals surface area contributed by atoms with Crippen molar-refractivity contribution in [2.75, 3.05) is 0 Å². The standard InChI is InChI=1S/C17H13BrN2O3/c1-11-15(20-14-5-3-2-4-13(14)19-11)10-22-17(21)9-7-12-6-8-16(18)23-12/h2-9H,10H2,1H3/b9-7+. The van der Waals surface area contributed by atoms with Crippen molar-refractivity contribution in [1.82, 2.24) is 9.97 Å². The van der Waals surface area contributed by atoms with E-state index in [4.69, 9.17) is 9.15 Å². The van der Waals surface area contributed by atoms with Crippen LogP contribution in [-0.2, 0) is 16.1 Å². The number of esters is 1. The number of hydrogen-bond acceptors (Lipinski definition) is 5. The first-order valence-electron chi connectivity index (χ1n) is 6.94. The summed E-state index contributed by atoms with van der Waals surface area (Å²) in [7, 11) is 0. The Morgan fingerprint density at radius 2 is 1.96 bits per heavy atom. The number of aryl methyl sites for hydroxylation is 1. The molecule has 0 aliphatic heterocycles. The molecule has 0 unspecified atom stereocenters. The highest BCUT2D eigenvalue weighted by Gasteiger charge is 2.07. The van der Waals surface area contributed by atoms with Gasteiger partial charge in [0.15, 0.2) is 4.67 Å². The lowest BCUT2D eigenvalue weighted by Gasteiger charge is -2.06. The molecule has 6 heteroatoms. The van der Waals surface area contributed by atoms with Gasteiger partial charge in [0, 0.05) is 6.08 Å². The predicted octanol–water partition coefficient (Wildman–Crippen LogP) is 4.05. The SMILES string of the molecule is Cc1nc2ccccc2nc1COC(=O)/C=C/c1ccc(Br)o1. The maximum absolute atomic E-state index is 11.8. The molecular formula is C17H13BrN2O3. The van der Waals surface area contributed by atoms with E-state index in [0.717, 1.165) is 16.7 Å². The number of ether oxygens (including phenoxy) is 1. The second-order valence-electron chi connectivity index (χ2n) is 4.83. The van der Waals surface area contributed by atoms with Crippen LogP contribution in [0, 0.1) is 6.92 Å². The lowest BCUT2D eigenvalue weighted by atomic mass is 10.2. The number of rotatable bonds is 4. The molecule has 2 heterocycles. The first-order valence-corrected chi connectivity index (χ1v) is 7.73. The Balaban J connectivity index is 1.66.